The first-order valence-electron chi connectivity index (χ1n) is 20.3. The third kappa shape index (κ3) is 7.20. The smallest absolute Gasteiger partial charge is 0.329 e. The minimum Gasteiger partial charge on any atom is -0.488 e. The van der Waals surface area contributed by atoms with Crippen LogP contribution < -0.4 is 20.6 Å². The van der Waals surface area contributed by atoms with Gasteiger partial charge < -0.3 is 19.6 Å². The third-order valence-corrected chi connectivity index (χ3v) is 12.8. The highest BCUT2D eigenvalue weighted by Crippen LogP contribution is 2.41. The second-order valence-corrected chi connectivity index (χ2v) is 16.6. The van der Waals surface area contributed by atoms with Crippen molar-refractivity contribution in [3.05, 3.63) is 64.8 Å². The normalized spacial score (nSPS) is 22.1. The standard InChI is InChI=1S/C22H28N4O3.C20H23N5O2/c1-24-19-13-15(14-9-11-25(12-10-14)16-3-2-4-16)5-6-17(19)26(22(24)29)18-7-8-20(27)23-21(18)28;1-20(6-7-20)27-14-2-3-16-15(10-14)19(24-23-16)17-11-18(22-12-21-17)25-8-4-13(26)5-9-25/h5-6,13-14,16,18H,2-4,7-12H2,1H3,(H,23,27,28);2-3,10-13,26H,4-9H2,1H3,(H,23,24). The number of carbonyl (C=O) groups is 2. The van der Waals surface area contributed by atoms with E-state index in [1.54, 1.807) is 22.5 Å². The van der Waals surface area contributed by atoms with Gasteiger partial charge in [-0.25, -0.2) is 14.8 Å². The van der Waals surface area contributed by atoms with E-state index in [-0.39, 0.29) is 35.6 Å². The van der Waals surface area contributed by atoms with E-state index in [1.165, 1.54) is 24.8 Å². The number of piperidine rings is 3. The van der Waals surface area contributed by atoms with Gasteiger partial charge in [0.05, 0.1) is 28.3 Å². The van der Waals surface area contributed by atoms with E-state index in [9.17, 15) is 19.5 Å². The molecular weight excluding hydrogens is 711 g/mol. The molecule has 14 nitrogen and oxygen atoms in total. The number of H-pyrrole nitrogens is 1. The average molecular weight is 762 g/mol. The topological polar surface area (TPSA) is 164 Å². The summed E-state index contributed by atoms with van der Waals surface area (Å²) < 4.78 is 9.29. The Kier molecular flexibility index (Phi) is 9.64. The van der Waals surface area contributed by atoms with Gasteiger partial charge >= 0.3 is 5.69 Å². The van der Waals surface area contributed by atoms with E-state index >= 15 is 0 Å². The number of aliphatic hydroxyl groups is 1. The maximum absolute atomic E-state index is 12.9. The van der Waals surface area contributed by atoms with Crippen LogP contribution in [0.25, 0.3) is 33.3 Å². The molecule has 2 amide bonds. The van der Waals surface area contributed by atoms with E-state index in [0.717, 1.165) is 116 Å². The number of ether oxygens (including phenoxy) is 1. The van der Waals surface area contributed by atoms with Crippen LogP contribution in [0.15, 0.2) is 53.6 Å². The zero-order valence-electron chi connectivity index (χ0n) is 32.2. The van der Waals surface area contributed by atoms with Crippen LogP contribution in [0.4, 0.5) is 5.82 Å². The summed E-state index contributed by atoms with van der Waals surface area (Å²) >= 11 is 0. The summed E-state index contributed by atoms with van der Waals surface area (Å²) in [6.45, 7) is 6.05. The Morgan fingerprint density at radius 3 is 2.38 bits per heavy atom. The summed E-state index contributed by atoms with van der Waals surface area (Å²) in [7, 11) is 1.76. The molecule has 5 fully saturated rings. The lowest BCUT2D eigenvalue weighted by atomic mass is 9.85. The van der Waals surface area contributed by atoms with Crippen molar-refractivity contribution in [1.29, 1.82) is 0 Å². The summed E-state index contributed by atoms with van der Waals surface area (Å²) in [6, 6.07) is 14.4. The molecule has 3 aliphatic heterocycles. The highest BCUT2D eigenvalue weighted by Gasteiger charge is 2.40. The van der Waals surface area contributed by atoms with Crippen LogP contribution in [-0.4, -0.2) is 95.0 Å². The summed E-state index contributed by atoms with van der Waals surface area (Å²) in [6.07, 6.45) is 12.1. The van der Waals surface area contributed by atoms with Crippen molar-refractivity contribution >= 4 is 39.6 Å². The van der Waals surface area contributed by atoms with Crippen LogP contribution in [0.3, 0.4) is 0 Å². The number of anilines is 1. The van der Waals surface area contributed by atoms with Gasteiger partial charge in [-0.05, 0) is 120 Å². The lowest BCUT2D eigenvalue weighted by Gasteiger charge is -2.42. The van der Waals surface area contributed by atoms with Crippen molar-refractivity contribution in [2.24, 2.45) is 7.05 Å². The van der Waals surface area contributed by atoms with Crippen LogP contribution in [-0.2, 0) is 16.6 Å². The number of aromatic nitrogens is 6. The number of carbonyl (C=O) groups excluding carboxylic acids is 2. The number of imide groups is 1. The van der Waals surface area contributed by atoms with E-state index < -0.39 is 6.04 Å². The number of benzene rings is 2. The van der Waals surface area contributed by atoms with Gasteiger partial charge in [0.25, 0.3) is 0 Å². The maximum Gasteiger partial charge on any atom is 0.329 e. The zero-order chi connectivity index (χ0) is 38.6. The molecule has 3 saturated heterocycles. The Hall–Kier alpha value is -5.08. The second kappa shape index (κ2) is 14.8. The second-order valence-electron chi connectivity index (χ2n) is 16.6. The lowest BCUT2D eigenvalue weighted by molar-refractivity contribution is -0.135. The molecule has 10 rings (SSSR count). The van der Waals surface area contributed by atoms with Gasteiger partial charge in [0.15, 0.2) is 0 Å². The van der Waals surface area contributed by atoms with Gasteiger partial charge in [-0.1, -0.05) is 12.5 Å². The van der Waals surface area contributed by atoms with Crippen molar-refractivity contribution in [2.45, 2.75) is 107 Å². The van der Waals surface area contributed by atoms with Crippen molar-refractivity contribution in [2.75, 3.05) is 31.1 Å². The Bertz CT molecular complexity index is 2320. The van der Waals surface area contributed by atoms with Crippen molar-refractivity contribution in [3.63, 3.8) is 0 Å². The van der Waals surface area contributed by atoms with Gasteiger partial charge in [-0.2, -0.15) is 5.10 Å². The van der Waals surface area contributed by atoms with Crippen LogP contribution in [0.5, 0.6) is 5.75 Å². The van der Waals surface area contributed by atoms with E-state index in [4.69, 9.17) is 4.74 Å². The number of aryl methyl sites for hydroxylation is 1. The number of nitrogens with zero attached hydrogens (tertiary/aromatic N) is 7. The number of nitrogens with one attached hydrogen (secondary N) is 2. The molecule has 0 radical (unpaired) electrons. The number of aliphatic hydroxyl groups excluding tert-OH is 1. The molecule has 0 spiro atoms. The largest absolute Gasteiger partial charge is 0.488 e. The molecule has 6 heterocycles. The summed E-state index contributed by atoms with van der Waals surface area (Å²) in [4.78, 5) is 50.4. The number of fused-ring (bicyclic) bond motifs is 2. The molecule has 56 heavy (non-hydrogen) atoms. The highest BCUT2D eigenvalue weighted by atomic mass is 16.5. The van der Waals surface area contributed by atoms with Gasteiger partial charge in [0.1, 0.15) is 35.2 Å². The van der Waals surface area contributed by atoms with Crippen molar-refractivity contribution in [1.82, 2.24) is 39.5 Å². The summed E-state index contributed by atoms with van der Waals surface area (Å²) in [5, 5.41) is 20.7. The Morgan fingerprint density at radius 2 is 1.66 bits per heavy atom. The fourth-order valence-corrected chi connectivity index (χ4v) is 8.77. The highest BCUT2D eigenvalue weighted by molar-refractivity contribution is 6.00. The maximum atomic E-state index is 12.9. The number of hydrogen-bond acceptors (Lipinski definition) is 10. The van der Waals surface area contributed by atoms with Crippen LogP contribution in [0.1, 0.15) is 95.1 Å². The monoisotopic (exact) mass is 761 g/mol. The first-order chi connectivity index (χ1) is 27.1. The average Bonchev–Trinajstić information content (AvgIpc) is 3.67. The molecule has 2 saturated carbocycles. The predicted octanol–water partition coefficient (Wildman–Crippen LogP) is 4.96. The molecule has 3 aromatic heterocycles. The molecule has 1 atom stereocenters. The lowest BCUT2D eigenvalue weighted by Crippen LogP contribution is -2.44. The number of aromatic amines is 1. The molecule has 2 aliphatic carbocycles. The van der Waals surface area contributed by atoms with Gasteiger partial charge in [-0.3, -0.25) is 29.1 Å². The number of amides is 2. The Balaban J connectivity index is 0.000000147. The van der Waals surface area contributed by atoms with Crippen molar-refractivity contribution in [3.8, 4) is 17.1 Å². The summed E-state index contributed by atoms with van der Waals surface area (Å²) in [5.74, 6) is 1.61. The zero-order valence-corrected chi connectivity index (χ0v) is 32.2. The first-order valence-corrected chi connectivity index (χ1v) is 20.3. The quantitative estimate of drug-likeness (QED) is 0.193. The van der Waals surface area contributed by atoms with E-state index in [1.807, 2.05) is 30.3 Å². The fourth-order valence-electron chi connectivity index (χ4n) is 8.77. The molecule has 3 N–H and O–H groups in total. The molecule has 5 aliphatic rings. The van der Waals surface area contributed by atoms with Crippen molar-refractivity contribution < 1.29 is 19.4 Å². The molecule has 0 bridgehead atoms. The molecular formula is C42H51N9O5. The van der Waals surface area contributed by atoms with Crippen LogP contribution in [0.2, 0.25) is 0 Å². The van der Waals surface area contributed by atoms with Gasteiger partial charge in [-0.15, -0.1) is 0 Å². The molecule has 14 heteroatoms. The van der Waals surface area contributed by atoms with E-state index in [2.05, 4.69) is 54.3 Å². The van der Waals surface area contributed by atoms with Gasteiger partial charge in [0, 0.05) is 44.1 Å². The third-order valence-electron chi connectivity index (χ3n) is 12.8. The number of hydrogen-bond donors (Lipinski definition) is 3. The van der Waals surface area contributed by atoms with Gasteiger partial charge in [0.2, 0.25) is 11.8 Å². The first kappa shape index (κ1) is 36.6. The fraction of sp³-hybridized carbons (Fsp3) is 0.524. The molecule has 294 valence electrons. The van der Waals surface area contributed by atoms with E-state index in [0.29, 0.717) is 12.3 Å². The molecule has 5 aromatic rings. The SMILES string of the molecule is CC1(Oc2ccc3[nH]nc(-c4cc(N5CCC(O)CC5)ncn4)c3c2)CC1.Cn1c(=O)n(C2CCC(=O)NC2=O)c2ccc(C3CCN(C4CCC4)CC3)cc21. The Morgan fingerprint density at radius 1 is 0.875 bits per heavy atom. The van der Waals surface area contributed by atoms with Crippen LogP contribution in [0, 0.1) is 0 Å². The Labute approximate surface area is 325 Å². The van der Waals surface area contributed by atoms with Crippen LogP contribution >= 0.6 is 0 Å². The molecule has 2 aromatic carbocycles. The number of likely N-dealkylation sites (tertiary alicyclic amines) is 1. The minimum atomic E-state index is -0.625. The summed E-state index contributed by atoms with van der Waals surface area (Å²) in [5.41, 5.74) is 5.23. The minimum absolute atomic E-state index is 0.0154. The number of imidazole rings is 1. The number of rotatable bonds is 7. The molecule has 1 unspecified atom stereocenters. The predicted molar refractivity (Wildman–Crippen MR) is 213 cm³/mol.